The lowest BCUT2D eigenvalue weighted by atomic mass is 9.96. The van der Waals surface area contributed by atoms with E-state index in [0.29, 0.717) is 20.1 Å². The van der Waals surface area contributed by atoms with Gasteiger partial charge in [0.1, 0.15) is 0 Å². The van der Waals surface area contributed by atoms with Crippen molar-refractivity contribution in [3.8, 4) is 0 Å². The fraction of sp³-hybridized carbons (Fsp3) is 0.294. The van der Waals surface area contributed by atoms with Gasteiger partial charge in [-0.3, -0.25) is 4.90 Å². The zero-order valence-electron chi connectivity index (χ0n) is 12.3. The molecule has 0 aliphatic carbocycles. The molecule has 1 atom stereocenters. The first-order valence-corrected chi connectivity index (χ1v) is 8.92. The molecule has 1 heterocycles. The molecule has 1 unspecified atom stereocenters. The fourth-order valence-corrected chi connectivity index (χ4v) is 3.66. The average Bonchev–Trinajstić information content (AvgIpc) is 2.56. The third-order valence-electron chi connectivity index (χ3n) is 4.05. The van der Waals surface area contributed by atoms with Gasteiger partial charge in [0.25, 0.3) is 0 Å². The molecule has 0 amide bonds. The van der Waals surface area contributed by atoms with Crippen LogP contribution in [0.15, 0.2) is 36.4 Å². The van der Waals surface area contributed by atoms with Gasteiger partial charge < -0.3 is 5.32 Å². The van der Waals surface area contributed by atoms with E-state index < -0.39 is 0 Å². The summed E-state index contributed by atoms with van der Waals surface area (Å²) < 4.78 is 0. The maximum Gasteiger partial charge on any atom is 0.0643 e. The Bertz CT molecular complexity index is 699. The lowest BCUT2D eigenvalue weighted by Crippen LogP contribution is -2.45. The number of nitrogens with one attached hydrogen (secondary N) is 1. The zero-order chi connectivity index (χ0) is 16.4. The van der Waals surface area contributed by atoms with E-state index in [1.165, 1.54) is 0 Å². The molecular weight excluding hydrogens is 374 g/mol. The summed E-state index contributed by atoms with van der Waals surface area (Å²) in [6, 6.07) is 11.5. The Kier molecular flexibility index (Phi) is 5.74. The van der Waals surface area contributed by atoms with Crippen LogP contribution in [0.3, 0.4) is 0 Å². The summed E-state index contributed by atoms with van der Waals surface area (Å²) in [4.78, 5) is 2.38. The molecule has 122 valence electrons. The van der Waals surface area contributed by atoms with Gasteiger partial charge in [-0.15, -0.1) is 0 Å². The smallest absolute Gasteiger partial charge is 0.0643 e. The van der Waals surface area contributed by atoms with Gasteiger partial charge in [-0.2, -0.15) is 0 Å². The highest BCUT2D eigenvalue weighted by Crippen LogP contribution is 2.38. The maximum atomic E-state index is 6.49. The van der Waals surface area contributed by atoms with Gasteiger partial charge in [-0.05, 0) is 29.3 Å². The van der Waals surface area contributed by atoms with Crippen molar-refractivity contribution in [3.63, 3.8) is 0 Å². The van der Waals surface area contributed by atoms with Crippen molar-refractivity contribution in [2.75, 3.05) is 26.2 Å². The Hall–Kier alpha value is -0.480. The fourth-order valence-electron chi connectivity index (χ4n) is 2.94. The van der Waals surface area contributed by atoms with Crippen LogP contribution in [0, 0.1) is 0 Å². The second-order valence-electron chi connectivity index (χ2n) is 5.51. The van der Waals surface area contributed by atoms with Crippen LogP contribution < -0.4 is 5.32 Å². The third-order valence-corrected chi connectivity index (χ3v) is 5.62. The Labute approximate surface area is 156 Å². The van der Waals surface area contributed by atoms with E-state index in [1.807, 2.05) is 30.3 Å². The maximum absolute atomic E-state index is 6.49. The molecule has 6 heteroatoms. The molecule has 2 nitrogen and oxygen atoms in total. The van der Waals surface area contributed by atoms with Crippen LogP contribution in [0.2, 0.25) is 20.1 Å². The highest BCUT2D eigenvalue weighted by molar-refractivity contribution is 6.42. The van der Waals surface area contributed by atoms with E-state index in [-0.39, 0.29) is 6.04 Å². The SMILES string of the molecule is Clc1ccc(C(c2cccc(Cl)c2Cl)N2CCNCC2)cc1Cl. The van der Waals surface area contributed by atoms with Crippen molar-refractivity contribution in [1.82, 2.24) is 10.2 Å². The first-order chi connectivity index (χ1) is 11.1. The van der Waals surface area contributed by atoms with E-state index in [1.54, 1.807) is 6.07 Å². The first-order valence-electron chi connectivity index (χ1n) is 7.41. The predicted molar refractivity (Wildman–Crippen MR) is 99.2 cm³/mol. The van der Waals surface area contributed by atoms with Gasteiger partial charge >= 0.3 is 0 Å². The molecule has 2 aromatic rings. The Balaban J connectivity index is 2.09. The number of benzene rings is 2. The number of hydrogen-bond acceptors (Lipinski definition) is 2. The molecule has 3 rings (SSSR count). The summed E-state index contributed by atoms with van der Waals surface area (Å²) in [6.45, 7) is 3.73. The number of halogens is 4. The van der Waals surface area contributed by atoms with Crippen molar-refractivity contribution in [1.29, 1.82) is 0 Å². The molecule has 0 saturated carbocycles. The van der Waals surface area contributed by atoms with Crippen LogP contribution >= 0.6 is 46.4 Å². The minimum absolute atomic E-state index is 0.00179. The monoisotopic (exact) mass is 388 g/mol. The normalized spacial score (nSPS) is 17.2. The molecule has 1 saturated heterocycles. The summed E-state index contributed by atoms with van der Waals surface area (Å²) in [6.07, 6.45) is 0. The number of rotatable bonds is 3. The number of hydrogen-bond donors (Lipinski definition) is 1. The minimum atomic E-state index is -0.00179. The van der Waals surface area contributed by atoms with E-state index in [2.05, 4.69) is 10.2 Å². The van der Waals surface area contributed by atoms with Crippen molar-refractivity contribution >= 4 is 46.4 Å². The summed E-state index contributed by atoms with van der Waals surface area (Å²) in [5, 5.41) is 5.61. The topological polar surface area (TPSA) is 15.3 Å². The second-order valence-corrected chi connectivity index (χ2v) is 7.10. The molecule has 0 bridgehead atoms. The van der Waals surface area contributed by atoms with Gasteiger partial charge in [0.15, 0.2) is 0 Å². The summed E-state index contributed by atoms with van der Waals surface area (Å²) in [5.41, 5.74) is 2.05. The highest BCUT2D eigenvalue weighted by atomic mass is 35.5. The third kappa shape index (κ3) is 3.79. The summed E-state index contributed by atoms with van der Waals surface area (Å²) in [5.74, 6) is 0. The Morgan fingerprint density at radius 3 is 2.30 bits per heavy atom. The van der Waals surface area contributed by atoms with Crippen LogP contribution in [0.1, 0.15) is 17.2 Å². The quantitative estimate of drug-likeness (QED) is 0.766. The van der Waals surface area contributed by atoms with Crippen molar-refractivity contribution in [2.45, 2.75) is 6.04 Å². The summed E-state index contributed by atoms with van der Waals surface area (Å²) in [7, 11) is 0. The molecule has 1 N–H and O–H groups in total. The van der Waals surface area contributed by atoms with Crippen LogP contribution in [-0.4, -0.2) is 31.1 Å². The molecular formula is C17H16Cl4N2. The first kappa shape index (κ1) is 17.3. The molecule has 1 aliphatic heterocycles. The van der Waals surface area contributed by atoms with E-state index in [9.17, 15) is 0 Å². The van der Waals surface area contributed by atoms with E-state index in [0.717, 1.165) is 37.3 Å². The molecule has 2 aromatic carbocycles. The number of piperazine rings is 1. The van der Waals surface area contributed by atoms with Gasteiger partial charge in [-0.1, -0.05) is 64.6 Å². The van der Waals surface area contributed by atoms with E-state index in [4.69, 9.17) is 46.4 Å². The van der Waals surface area contributed by atoms with Crippen molar-refractivity contribution < 1.29 is 0 Å². The lowest BCUT2D eigenvalue weighted by molar-refractivity contribution is 0.198. The van der Waals surface area contributed by atoms with Gasteiger partial charge in [-0.25, -0.2) is 0 Å². The highest BCUT2D eigenvalue weighted by Gasteiger charge is 2.26. The standard InChI is InChI=1S/C17H16Cl4N2/c18-13-5-4-11(10-15(13)20)17(23-8-6-22-7-9-23)12-2-1-3-14(19)16(12)21/h1-5,10,17,22H,6-9H2. The Morgan fingerprint density at radius 2 is 1.61 bits per heavy atom. The summed E-state index contributed by atoms with van der Waals surface area (Å²) >= 11 is 25.0. The van der Waals surface area contributed by atoms with Crippen LogP contribution in [0.4, 0.5) is 0 Å². The van der Waals surface area contributed by atoms with Crippen molar-refractivity contribution in [2.24, 2.45) is 0 Å². The predicted octanol–water partition coefficient (Wildman–Crippen LogP) is 5.29. The van der Waals surface area contributed by atoms with Gasteiger partial charge in [0.2, 0.25) is 0 Å². The van der Waals surface area contributed by atoms with E-state index >= 15 is 0 Å². The molecule has 0 spiro atoms. The average molecular weight is 390 g/mol. The second kappa shape index (κ2) is 7.60. The molecule has 1 aliphatic rings. The van der Waals surface area contributed by atoms with Crippen LogP contribution in [0.25, 0.3) is 0 Å². The zero-order valence-corrected chi connectivity index (χ0v) is 15.4. The van der Waals surface area contributed by atoms with Crippen LogP contribution in [0.5, 0.6) is 0 Å². The molecule has 0 aromatic heterocycles. The van der Waals surface area contributed by atoms with Crippen molar-refractivity contribution in [3.05, 3.63) is 67.6 Å². The molecule has 23 heavy (non-hydrogen) atoms. The van der Waals surface area contributed by atoms with Gasteiger partial charge in [0, 0.05) is 26.2 Å². The number of nitrogens with zero attached hydrogens (tertiary/aromatic N) is 1. The molecule has 1 fully saturated rings. The molecule has 0 radical (unpaired) electrons. The van der Waals surface area contributed by atoms with Crippen LogP contribution in [-0.2, 0) is 0 Å². The largest absolute Gasteiger partial charge is 0.314 e. The minimum Gasteiger partial charge on any atom is -0.314 e. The Morgan fingerprint density at radius 1 is 0.870 bits per heavy atom. The lowest BCUT2D eigenvalue weighted by Gasteiger charge is -2.36. The van der Waals surface area contributed by atoms with Gasteiger partial charge in [0.05, 0.1) is 26.1 Å².